The number of aromatic hydroxyl groups is 1. The SMILES string of the molecule is C[C@]12CC[C@H]3[C@@H](CC[13c]4[13cH][13c](O)[13cH][13cH][13c]43)[C@@H]1CCC2O. The van der Waals surface area contributed by atoms with Crippen molar-refractivity contribution in [3.63, 3.8) is 0 Å². The topological polar surface area (TPSA) is 40.5 Å². The zero-order valence-electron chi connectivity index (χ0n) is 12.2. The van der Waals surface area contributed by atoms with Gasteiger partial charge in [-0.05, 0) is 85.0 Å². The van der Waals surface area contributed by atoms with Crippen molar-refractivity contribution in [3.8, 4) is 5.75 Å². The number of aliphatic hydroxyl groups is 1. The maximum atomic E-state index is 10.4. The van der Waals surface area contributed by atoms with Gasteiger partial charge in [-0.2, -0.15) is 0 Å². The van der Waals surface area contributed by atoms with Crippen LogP contribution in [-0.2, 0) is 6.42 Å². The van der Waals surface area contributed by atoms with Crippen LogP contribution in [0.1, 0.15) is 56.1 Å². The Morgan fingerprint density at radius 3 is 2.85 bits per heavy atom. The van der Waals surface area contributed by atoms with Crippen molar-refractivity contribution in [2.24, 2.45) is 17.3 Å². The Morgan fingerprint density at radius 1 is 1.15 bits per heavy atom. The summed E-state index contributed by atoms with van der Waals surface area (Å²) in [7, 11) is 0. The Balaban J connectivity index is 1.71. The van der Waals surface area contributed by atoms with Gasteiger partial charge in [0.05, 0.1) is 6.10 Å². The van der Waals surface area contributed by atoms with E-state index in [0.717, 1.165) is 25.2 Å². The average Bonchev–Trinajstić information content (AvgIpc) is 2.74. The van der Waals surface area contributed by atoms with Gasteiger partial charge in [0.1, 0.15) is 5.75 Å². The zero-order chi connectivity index (χ0) is 13.9. The van der Waals surface area contributed by atoms with Crippen molar-refractivity contribution < 1.29 is 10.2 Å². The summed E-state index contributed by atoms with van der Waals surface area (Å²) in [5.74, 6) is 2.49. The lowest BCUT2D eigenvalue weighted by Gasteiger charge is -2.50. The molecule has 3 aliphatic rings. The quantitative estimate of drug-likeness (QED) is 0.761. The van der Waals surface area contributed by atoms with E-state index in [1.807, 2.05) is 12.1 Å². The van der Waals surface area contributed by atoms with E-state index in [9.17, 15) is 10.2 Å². The van der Waals surface area contributed by atoms with Crippen molar-refractivity contribution in [3.05, 3.63) is 29.3 Å². The molecule has 0 amide bonds. The summed E-state index contributed by atoms with van der Waals surface area (Å²) < 4.78 is 0. The highest BCUT2D eigenvalue weighted by molar-refractivity contribution is 5.40. The normalized spacial score (nSPS) is 42.7. The van der Waals surface area contributed by atoms with Crippen LogP contribution in [0.3, 0.4) is 0 Å². The fourth-order valence-corrected chi connectivity index (χ4v) is 5.54. The van der Waals surface area contributed by atoms with Crippen LogP contribution in [0.2, 0.25) is 0 Å². The molecule has 2 nitrogen and oxygen atoms in total. The van der Waals surface area contributed by atoms with E-state index >= 15 is 0 Å². The number of aliphatic hydroxyl groups excluding tert-OH is 1. The van der Waals surface area contributed by atoms with Gasteiger partial charge in [-0.25, -0.2) is 0 Å². The second kappa shape index (κ2) is 4.24. The molecule has 3 aliphatic carbocycles. The molecule has 20 heavy (non-hydrogen) atoms. The van der Waals surface area contributed by atoms with Crippen LogP contribution in [0.4, 0.5) is 0 Å². The van der Waals surface area contributed by atoms with E-state index in [1.165, 1.54) is 30.4 Å². The van der Waals surface area contributed by atoms with Crippen LogP contribution < -0.4 is 0 Å². The Hall–Kier alpha value is -1.02. The number of fused-ring (bicyclic) bond motifs is 5. The molecule has 108 valence electrons. The summed E-state index contributed by atoms with van der Waals surface area (Å²) in [6.45, 7) is 2.32. The first-order chi connectivity index (χ1) is 9.59. The van der Waals surface area contributed by atoms with Crippen LogP contribution in [0, 0.1) is 17.3 Å². The van der Waals surface area contributed by atoms with Crippen molar-refractivity contribution in [2.45, 2.75) is 57.5 Å². The van der Waals surface area contributed by atoms with Gasteiger partial charge in [-0.15, -0.1) is 0 Å². The van der Waals surface area contributed by atoms with E-state index in [4.69, 9.17) is 0 Å². The number of aryl methyl sites for hydroxylation is 1. The molecule has 0 radical (unpaired) electrons. The Morgan fingerprint density at radius 2 is 2.00 bits per heavy atom. The van der Waals surface area contributed by atoms with E-state index in [-0.39, 0.29) is 11.5 Å². The molecular weight excluding hydrogens is 254 g/mol. The monoisotopic (exact) mass is 278 g/mol. The molecule has 4 rings (SSSR count). The fraction of sp³-hybridized carbons (Fsp3) is 0.667. The minimum Gasteiger partial charge on any atom is -0.508 e. The molecule has 2 heteroatoms. The number of rotatable bonds is 0. The third-order valence-corrected chi connectivity index (χ3v) is 6.66. The van der Waals surface area contributed by atoms with Gasteiger partial charge in [0.25, 0.3) is 0 Å². The minimum absolute atomic E-state index is 0.0883. The fourth-order valence-electron chi connectivity index (χ4n) is 5.54. The van der Waals surface area contributed by atoms with Gasteiger partial charge in [-0.1, -0.05) is 13.0 Å². The molecule has 1 aromatic carbocycles. The molecule has 0 aromatic heterocycles. The van der Waals surface area contributed by atoms with Gasteiger partial charge in [0.2, 0.25) is 0 Å². The van der Waals surface area contributed by atoms with Crippen molar-refractivity contribution in [2.75, 3.05) is 0 Å². The highest BCUT2D eigenvalue weighted by Gasteiger charge is 2.54. The van der Waals surface area contributed by atoms with Gasteiger partial charge in [-0.3, -0.25) is 0 Å². The maximum absolute atomic E-state index is 10.4. The third-order valence-electron chi connectivity index (χ3n) is 6.66. The maximum Gasteiger partial charge on any atom is 0.115 e. The highest BCUT2D eigenvalue weighted by atomic mass is 16.3. The third kappa shape index (κ3) is 1.60. The minimum atomic E-state index is -0.0883. The molecule has 0 aliphatic heterocycles. The Bertz CT molecular complexity index is 538. The molecule has 5 atom stereocenters. The first kappa shape index (κ1) is 12.7. The van der Waals surface area contributed by atoms with Crippen LogP contribution in [-0.4, -0.2) is 16.3 Å². The smallest absolute Gasteiger partial charge is 0.115 e. The molecule has 0 saturated heterocycles. The molecule has 2 N–H and O–H groups in total. The van der Waals surface area contributed by atoms with Gasteiger partial charge in [0.15, 0.2) is 0 Å². The summed E-state index contributed by atoms with van der Waals surface area (Å²) in [5.41, 5.74) is 2.99. The molecule has 2 fully saturated rings. The van der Waals surface area contributed by atoms with Crippen LogP contribution in [0.5, 0.6) is 5.75 Å². The van der Waals surface area contributed by atoms with Crippen molar-refractivity contribution >= 4 is 0 Å². The number of phenols is 1. The first-order valence-corrected chi connectivity index (χ1v) is 8.09. The second-order valence-electron chi connectivity index (χ2n) is 7.44. The van der Waals surface area contributed by atoms with Crippen LogP contribution in [0.15, 0.2) is 18.2 Å². The highest BCUT2D eigenvalue weighted by Crippen LogP contribution is 2.60. The molecule has 0 heterocycles. The summed E-state index contributed by atoms with van der Waals surface area (Å²) in [6, 6.07) is 5.96. The Labute approximate surface area is 120 Å². The van der Waals surface area contributed by atoms with Gasteiger partial charge < -0.3 is 10.2 Å². The summed E-state index contributed by atoms with van der Waals surface area (Å²) in [5, 5.41) is 20.0. The number of benzene rings is 1. The molecule has 1 aromatic rings. The molecular formula is C18H24O2. The molecule has 1 unspecified atom stereocenters. The number of phenolic OH excluding ortho intramolecular Hbond substituents is 1. The molecule has 0 spiro atoms. The van der Waals surface area contributed by atoms with Crippen molar-refractivity contribution in [1.29, 1.82) is 0 Å². The van der Waals surface area contributed by atoms with Gasteiger partial charge in [0, 0.05) is 0 Å². The molecule has 0 bridgehead atoms. The zero-order valence-corrected chi connectivity index (χ0v) is 12.2. The predicted octanol–water partition coefficient (Wildman–Crippen LogP) is 3.61. The molecule has 2 saturated carbocycles. The lowest BCUT2D eigenvalue weighted by atomic mass is 9.59. The average molecular weight is 278 g/mol. The summed E-state index contributed by atoms with van der Waals surface area (Å²) >= 11 is 0. The largest absolute Gasteiger partial charge is 0.508 e. The number of hydrogen-bond acceptors (Lipinski definition) is 2. The van der Waals surface area contributed by atoms with E-state index in [2.05, 4.69) is 13.0 Å². The van der Waals surface area contributed by atoms with Gasteiger partial charge >= 0.3 is 0 Å². The predicted molar refractivity (Wildman–Crippen MR) is 78.7 cm³/mol. The summed E-state index contributed by atoms with van der Waals surface area (Å²) in [6.07, 6.45) is 6.78. The van der Waals surface area contributed by atoms with E-state index in [1.54, 1.807) is 0 Å². The second-order valence-corrected chi connectivity index (χ2v) is 7.44. The van der Waals surface area contributed by atoms with Crippen molar-refractivity contribution in [1.82, 2.24) is 0 Å². The standard InChI is InChI=1S/C18H24O2/c1-18-9-8-14-13-5-3-12(19)10-11(13)2-4-15(14)16(18)6-7-17(18)20/h3,5,10,14-17,19-20H,2,4,6-9H2,1H3/t14-,15-,16+,17?,18+/m1/s1/i3+1,5+1,10+1,11+1,12+1,13+1. The van der Waals surface area contributed by atoms with Crippen LogP contribution >= 0.6 is 0 Å². The van der Waals surface area contributed by atoms with Crippen LogP contribution in [0.25, 0.3) is 0 Å². The number of hydrogen-bond donors (Lipinski definition) is 2. The lowest BCUT2D eigenvalue weighted by molar-refractivity contribution is -0.0226. The summed E-state index contributed by atoms with van der Waals surface area (Å²) in [4.78, 5) is 0. The lowest BCUT2D eigenvalue weighted by Crippen LogP contribution is -2.43. The van der Waals surface area contributed by atoms with E-state index in [0.29, 0.717) is 17.6 Å². The first-order valence-electron chi connectivity index (χ1n) is 8.09. The Kier molecular flexibility index (Phi) is 2.69. The van der Waals surface area contributed by atoms with E-state index < -0.39 is 0 Å².